The first-order valence-electron chi connectivity index (χ1n) is 17.1. The Hall–Kier alpha value is -2.78. The van der Waals surface area contributed by atoms with Crippen molar-refractivity contribution < 1.29 is 0 Å². The Balaban J connectivity index is 1.56. The van der Waals surface area contributed by atoms with Crippen LogP contribution in [0.4, 0.5) is 0 Å². The lowest BCUT2D eigenvalue weighted by atomic mass is 9.97. The van der Waals surface area contributed by atoms with Gasteiger partial charge in [0.2, 0.25) is 0 Å². The molecule has 0 aliphatic carbocycles. The third-order valence-electron chi connectivity index (χ3n) is 8.82. The number of H-pyrrole nitrogens is 1. The lowest BCUT2D eigenvalue weighted by Gasteiger charge is -2.06. The second kappa shape index (κ2) is 19.4. The topological polar surface area (TPSA) is 63.4 Å². The zero-order valence-corrected chi connectivity index (χ0v) is 26.3. The summed E-state index contributed by atoms with van der Waals surface area (Å²) in [5.41, 5.74) is 5.63. The molecular weight excluding hydrogens is 498 g/mol. The molecule has 41 heavy (non-hydrogen) atoms. The summed E-state index contributed by atoms with van der Waals surface area (Å²) in [5, 5.41) is 22.1. The molecule has 0 saturated carbocycles. The summed E-state index contributed by atoms with van der Waals surface area (Å²) in [5.74, 6) is 0. The van der Waals surface area contributed by atoms with Crippen molar-refractivity contribution in [2.75, 3.05) is 0 Å². The van der Waals surface area contributed by atoms with Crippen molar-refractivity contribution in [1.82, 2.24) is 4.98 Å². The molecule has 0 fully saturated rings. The van der Waals surface area contributed by atoms with Gasteiger partial charge in [-0.25, -0.2) is 0 Å². The second-order valence-corrected chi connectivity index (χ2v) is 12.3. The fourth-order valence-electron chi connectivity index (χ4n) is 6.32. The van der Waals surface area contributed by atoms with Crippen molar-refractivity contribution >= 4 is 21.8 Å². The molecule has 1 heterocycles. The summed E-state index contributed by atoms with van der Waals surface area (Å²) in [7, 11) is 0. The molecule has 0 atom stereocenters. The summed E-state index contributed by atoms with van der Waals surface area (Å²) < 4.78 is 0. The fraction of sp³-hybridized carbons (Fsp3) is 0.632. The molecule has 0 aliphatic rings. The van der Waals surface area contributed by atoms with Gasteiger partial charge in [0, 0.05) is 10.8 Å². The number of unbranched alkanes of at least 4 members (excludes halogenated alkanes) is 18. The van der Waals surface area contributed by atoms with Crippen molar-refractivity contribution in [3.05, 3.63) is 46.5 Å². The lowest BCUT2D eigenvalue weighted by molar-refractivity contribution is 0.556. The van der Waals surface area contributed by atoms with Crippen molar-refractivity contribution in [3.8, 4) is 12.1 Å². The Labute approximate surface area is 250 Å². The predicted octanol–water partition coefficient (Wildman–Crippen LogP) is 12.0. The standard InChI is InChI=1S/C38H55N3/c1-3-5-7-9-11-13-15-17-19-21-23-31-25-33(29-39)37-35(27-31)36-28-32(26-34(30-40)38(36)41-37)24-22-20-18-16-14-12-10-8-6-4-2/h25-28,41H,3-24H2,1-2H3. The molecule has 0 saturated heterocycles. The van der Waals surface area contributed by atoms with Gasteiger partial charge < -0.3 is 4.98 Å². The zero-order valence-electron chi connectivity index (χ0n) is 26.3. The number of fused-ring (bicyclic) bond motifs is 3. The summed E-state index contributed by atoms with van der Waals surface area (Å²) >= 11 is 0. The first-order valence-corrected chi connectivity index (χ1v) is 17.1. The van der Waals surface area contributed by atoms with Crippen LogP contribution in [0.15, 0.2) is 24.3 Å². The van der Waals surface area contributed by atoms with Crippen molar-refractivity contribution in [2.45, 2.75) is 155 Å². The lowest BCUT2D eigenvalue weighted by Crippen LogP contribution is -1.90. The highest BCUT2D eigenvalue weighted by Gasteiger charge is 2.14. The van der Waals surface area contributed by atoms with E-state index in [4.69, 9.17) is 0 Å². The predicted molar refractivity (Wildman–Crippen MR) is 176 cm³/mol. The summed E-state index contributed by atoms with van der Waals surface area (Å²) in [6.45, 7) is 4.55. The highest BCUT2D eigenvalue weighted by atomic mass is 14.7. The van der Waals surface area contributed by atoms with Crippen molar-refractivity contribution in [3.63, 3.8) is 0 Å². The van der Waals surface area contributed by atoms with Gasteiger partial charge in [0.15, 0.2) is 0 Å². The number of nitrogens with zero attached hydrogens (tertiary/aromatic N) is 2. The summed E-state index contributed by atoms with van der Waals surface area (Å²) in [6, 6.07) is 13.5. The monoisotopic (exact) mass is 553 g/mol. The molecule has 3 nitrogen and oxygen atoms in total. The fourth-order valence-corrected chi connectivity index (χ4v) is 6.32. The largest absolute Gasteiger partial charge is 0.352 e. The number of nitrogens with one attached hydrogen (secondary N) is 1. The minimum absolute atomic E-state index is 0.695. The van der Waals surface area contributed by atoms with Gasteiger partial charge in [-0.2, -0.15) is 10.5 Å². The molecule has 0 amide bonds. The molecule has 1 N–H and O–H groups in total. The number of hydrogen-bond donors (Lipinski definition) is 1. The molecule has 3 heteroatoms. The summed E-state index contributed by atoms with van der Waals surface area (Å²) in [6.07, 6.45) is 28.6. The molecule has 0 bridgehead atoms. The van der Waals surface area contributed by atoms with Crippen LogP contribution in [0.25, 0.3) is 21.8 Å². The molecular formula is C38H55N3. The van der Waals surface area contributed by atoms with Gasteiger partial charge in [0.1, 0.15) is 12.1 Å². The number of rotatable bonds is 22. The highest BCUT2D eigenvalue weighted by Crippen LogP contribution is 2.32. The maximum Gasteiger partial charge on any atom is 0.101 e. The zero-order chi connectivity index (χ0) is 29.1. The second-order valence-electron chi connectivity index (χ2n) is 12.3. The molecule has 0 radical (unpaired) electrons. The van der Waals surface area contributed by atoms with Crippen LogP contribution in [-0.2, 0) is 12.8 Å². The molecule has 0 spiro atoms. The van der Waals surface area contributed by atoms with E-state index in [0.29, 0.717) is 11.1 Å². The van der Waals surface area contributed by atoms with E-state index < -0.39 is 0 Å². The Bertz CT molecular complexity index is 1160. The molecule has 3 rings (SSSR count). The van der Waals surface area contributed by atoms with Gasteiger partial charge in [0.05, 0.1) is 22.2 Å². The third-order valence-corrected chi connectivity index (χ3v) is 8.82. The molecule has 0 aliphatic heterocycles. The first-order chi connectivity index (χ1) is 20.2. The van der Waals surface area contributed by atoms with E-state index in [1.54, 1.807) is 0 Å². The molecule has 3 aromatic rings. The molecule has 2 aromatic carbocycles. The van der Waals surface area contributed by atoms with Crippen LogP contribution in [0.3, 0.4) is 0 Å². The van der Waals surface area contributed by atoms with Gasteiger partial charge >= 0.3 is 0 Å². The average Bonchev–Trinajstić information content (AvgIpc) is 3.36. The van der Waals surface area contributed by atoms with Crippen LogP contribution >= 0.6 is 0 Å². The number of benzene rings is 2. The SMILES string of the molecule is CCCCCCCCCCCCc1cc(C#N)c2[nH]c3c(C#N)cc(CCCCCCCCCCCC)cc3c2c1. The van der Waals surface area contributed by atoms with Gasteiger partial charge in [-0.3, -0.25) is 0 Å². The van der Waals surface area contributed by atoms with Crippen molar-refractivity contribution in [2.24, 2.45) is 0 Å². The van der Waals surface area contributed by atoms with Crippen molar-refractivity contribution in [1.29, 1.82) is 10.5 Å². The molecule has 222 valence electrons. The number of nitriles is 2. The summed E-state index contributed by atoms with van der Waals surface area (Å²) in [4.78, 5) is 3.44. The van der Waals surface area contributed by atoms with Gasteiger partial charge in [-0.05, 0) is 61.1 Å². The smallest absolute Gasteiger partial charge is 0.101 e. The van der Waals surface area contributed by atoms with E-state index in [1.807, 2.05) is 0 Å². The minimum Gasteiger partial charge on any atom is -0.352 e. The van der Waals surface area contributed by atoms with Gasteiger partial charge in [-0.15, -0.1) is 0 Å². The van der Waals surface area contributed by atoms with Crippen LogP contribution in [0, 0.1) is 22.7 Å². The van der Waals surface area contributed by atoms with E-state index in [-0.39, 0.29) is 0 Å². The Morgan fingerprint density at radius 2 is 0.780 bits per heavy atom. The Kier molecular flexibility index (Phi) is 15.5. The number of hydrogen-bond acceptors (Lipinski definition) is 2. The van der Waals surface area contributed by atoms with Crippen LogP contribution in [0.1, 0.15) is 165 Å². The third kappa shape index (κ3) is 10.9. The van der Waals surface area contributed by atoms with E-state index >= 15 is 0 Å². The number of aryl methyl sites for hydroxylation is 2. The normalized spacial score (nSPS) is 11.3. The van der Waals surface area contributed by atoms with Crippen LogP contribution in [0.2, 0.25) is 0 Å². The van der Waals surface area contributed by atoms with Gasteiger partial charge in [0.25, 0.3) is 0 Å². The first kappa shape index (κ1) is 32.7. The highest BCUT2D eigenvalue weighted by molar-refractivity contribution is 6.11. The van der Waals surface area contributed by atoms with E-state index in [0.717, 1.165) is 34.6 Å². The van der Waals surface area contributed by atoms with E-state index in [1.165, 1.54) is 140 Å². The quantitative estimate of drug-likeness (QED) is 0.126. The number of aromatic amines is 1. The van der Waals surface area contributed by atoms with Crippen LogP contribution in [-0.4, -0.2) is 4.98 Å². The Morgan fingerprint density at radius 1 is 0.463 bits per heavy atom. The maximum atomic E-state index is 9.94. The number of aromatic nitrogens is 1. The van der Waals surface area contributed by atoms with Crippen LogP contribution < -0.4 is 0 Å². The molecule has 1 aromatic heterocycles. The van der Waals surface area contributed by atoms with E-state index in [2.05, 4.69) is 55.2 Å². The Morgan fingerprint density at radius 3 is 1.10 bits per heavy atom. The maximum absolute atomic E-state index is 9.94. The average molecular weight is 554 g/mol. The molecule has 0 unspecified atom stereocenters. The van der Waals surface area contributed by atoms with Crippen LogP contribution in [0.5, 0.6) is 0 Å². The minimum atomic E-state index is 0.695. The van der Waals surface area contributed by atoms with Gasteiger partial charge in [-0.1, -0.05) is 129 Å². The van der Waals surface area contributed by atoms with E-state index in [9.17, 15) is 10.5 Å².